The van der Waals surface area contributed by atoms with Crippen molar-refractivity contribution in [2.24, 2.45) is 5.92 Å². The standard InChI is InChI=1S/C25H27F6N7O2/c1-12(13-3-4-24(27,28)7-13)37-9-17(26)18(10-37)36-22(39)15-5-14(8-33-23(15)40-2)19-6-16(25(29,30)31)20-21(32)34-11-35-38(19)20/h5-6,8,11-13,17-18H,3-4,7,9-10H2,1-2H3,(H,36,39)(H2,32,34,35)/t12-,13?,17+,18-/m1/s1. The first-order chi connectivity index (χ1) is 18.8. The quantitative estimate of drug-likeness (QED) is 0.431. The normalized spacial score (nSPS) is 23.9. The second kappa shape index (κ2) is 10.1. The molecular formula is C25H27F6N7O2. The van der Waals surface area contributed by atoms with Crippen LogP contribution in [0.4, 0.5) is 32.2 Å². The van der Waals surface area contributed by atoms with E-state index < -0.39 is 41.3 Å². The van der Waals surface area contributed by atoms with Crippen LogP contribution in [-0.2, 0) is 6.18 Å². The van der Waals surface area contributed by atoms with Gasteiger partial charge >= 0.3 is 6.18 Å². The van der Waals surface area contributed by atoms with E-state index in [1.807, 2.05) is 0 Å². The van der Waals surface area contributed by atoms with Crippen LogP contribution in [0.1, 0.15) is 42.1 Å². The first-order valence-electron chi connectivity index (χ1n) is 12.6. The second-order valence-corrected chi connectivity index (χ2v) is 10.3. The van der Waals surface area contributed by atoms with Crippen LogP contribution >= 0.6 is 0 Å². The highest BCUT2D eigenvalue weighted by Gasteiger charge is 2.45. The number of hydrogen-bond donors (Lipinski definition) is 2. The van der Waals surface area contributed by atoms with Crippen molar-refractivity contribution in [2.45, 2.75) is 56.5 Å². The monoisotopic (exact) mass is 571 g/mol. The van der Waals surface area contributed by atoms with Crippen LogP contribution in [0.2, 0.25) is 0 Å². The predicted molar refractivity (Wildman–Crippen MR) is 132 cm³/mol. The van der Waals surface area contributed by atoms with Crippen LogP contribution in [0.3, 0.4) is 0 Å². The summed E-state index contributed by atoms with van der Waals surface area (Å²) < 4.78 is 89.8. The predicted octanol–water partition coefficient (Wildman–Crippen LogP) is 3.98. The molecule has 0 spiro atoms. The molecule has 1 aliphatic heterocycles. The summed E-state index contributed by atoms with van der Waals surface area (Å²) >= 11 is 0. The summed E-state index contributed by atoms with van der Waals surface area (Å²) in [6.07, 6.45) is -4.12. The molecular weight excluding hydrogens is 544 g/mol. The van der Waals surface area contributed by atoms with E-state index in [0.717, 1.165) is 16.9 Å². The Labute approximate surface area is 224 Å². The molecule has 1 saturated heterocycles. The van der Waals surface area contributed by atoms with E-state index >= 15 is 0 Å². The van der Waals surface area contributed by atoms with Gasteiger partial charge in [-0.05, 0) is 31.4 Å². The fourth-order valence-corrected chi connectivity index (χ4v) is 5.61. The first kappa shape index (κ1) is 27.9. The van der Waals surface area contributed by atoms with Gasteiger partial charge in [0.05, 0.1) is 24.4 Å². The average Bonchev–Trinajstić information content (AvgIpc) is 3.58. The van der Waals surface area contributed by atoms with Crippen LogP contribution in [0.15, 0.2) is 24.7 Å². The number of aromatic nitrogens is 4. The number of carbonyl (C=O) groups is 1. The van der Waals surface area contributed by atoms with E-state index in [0.29, 0.717) is 6.42 Å². The zero-order chi connectivity index (χ0) is 29.0. The molecule has 3 aromatic rings. The molecule has 1 unspecified atom stereocenters. The molecule has 0 bridgehead atoms. The fourth-order valence-electron chi connectivity index (χ4n) is 5.61. The third-order valence-electron chi connectivity index (χ3n) is 7.77. The highest BCUT2D eigenvalue weighted by atomic mass is 19.4. The molecule has 2 fully saturated rings. The molecule has 0 radical (unpaired) electrons. The van der Waals surface area contributed by atoms with Gasteiger partial charge in [0.15, 0.2) is 5.82 Å². The van der Waals surface area contributed by atoms with E-state index in [1.165, 1.54) is 19.4 Å². The van der Waals surface area contributed by atoms with Gasteiger partial charge in [0.1, 0.15) is 23.6 Å². The number of fused-ring (bicyclic) bond motifs is 1. The van der Waals surface area contributed by atoms with E-state index in [9.17, 15) is 31.1 Å². The van der Waals surface area contributed by atoms with Crippen LogP contribution in [0.5, 0.6) is 5.88 Å². The molecule has 4 atom stereocenters. The minimum Gasteiger partial charge on any atom is -0.480 e. The Balaban J connectivity index is 1.40. The minimum atomic E-state index is -4.77. The lowest BCUT2D eigenvalue weighted by molar-refractivity contribution is -0.136. The van der Waals surface area contributed by atoms with Crippen LogP contribution in [0, 0.1) is 5.92 Å². The van der Waals surface area contributed by atoms with Gasteiger partial charge in [-0.15, -0.1) is 0 Å². The topological polar surface area (TPSA) is 111 Å². The number of nitrogen functional groups attached to an aromatic ring is 1. The molecule has 216 valence electrons. The molecule has 3 aromatic heterocycles. The van der Waals surface area contributed by atoms with Crippen molar-refractivity contribution in [1.29, 1.82) is 0 Å². The number of ether oxygens (including phenoxy) is 1. The number of methoxy groups -OCH3 is 1. The summed E-state index contributed by atoms with van der Waals surface area (Å²) in [6, 6.07) is 0.855. The number of alkyl halides is 6. The molecule has 9 nitrogen and oxygen atoms in total. The third-order valence-corrected chi connectivity index (χ3v) is 7.77. The lowest BCUT2D eigenvalue weighted by Crippen LogP contribution is -2.43. The Kier molecular flexibility index (Phi) is 7.04. The number of pyridine rings is 1. The molecule has 1 aliphatic carbocycles. The molecule has 40 heavy (non-hydrogen) atoms. The average molecular weight is 572 g/mol. The Morgan fingerprint density at radius 1 is 1.25 bits per heavy atom. The van der Waals surface area contributed by atoms with Gasteiger partial charge < -0.3 is 15.8 Å². The number of carbonyl (C=O) groups excluding carboxylic acids is 1. The van der Waals surface area contributed by atoms with Gasteiger partial charge in [0.2, 0.25) is 11.8 Å². The van der Waals surface area contributed by atoms with E-state index in [4.69, 9.17) is 10.5 Å². The summed E-state index contributed by atoms with van der Waals surface area (Å²) in [4.78, 5) is 22.7. The van der Waals surface area contributed by atoms with Crippen molar-refractivity contribution in [3.63, 3.8) is 0 Å². The number of halogens is 6. The van der Waals surface area contributed by atoms with Crippen molar-refractivity contribution in [1.82, 2.24) is 29.8 Å². The number of amides is 1. The van der Waals surface area contributed by atoms with Crippen molar-refractivity contribution >= 4 is 17.2 Å². The third kappa shape index (κ3) is 5.13. The van der Waals surface area contributed by atoms with Crippen LogP contribution in [0.25, 0.3) is 16.8 Å². The molecule has 4 heterocycles. The number of rotatable bonds is 6. The molecule has 3 N–H and O–H groups in total. The van der Waals surface area contributed by atoms with Gasteiger partial charge in [-0.1, -0.05) is 0 Å². The molecule has 2 aliphatic rings. The highest BCUT2D eigenvalue weighted by Crippen LogP contribution is 2.42. The van der Waals surface area contributed by atoms with Gasteiger partial charge in [0.25, 0.3) is 5.91 Å². The molecule has 1 amide bonds. The van der Waals surface area contributed by atoms with E-state index in [1.54, 1.807) is 11.8 Å². The molecule has 1 saturated carbocycles. The SMILES string of the molecule is COc1ncc(-c2cc(C(F)(F)F)c3c(N)ncnn23)cc1C(=O)N[C@@H]1CN([C@H](C)C2CCC(F)(F)C2)C[C@@H]1F. The summed E-state index contributed by atoms with van der Waals surface area (Å²) in [5.74, 6) is -4.27. The lowest BCUT2D eigenvalue weighted by Gasteiger charge is -2.29. The maximum Gasteiger partial charge on any atom is 0.418 e. The Morgan fingerprint density at radius 2 is 2.00 bits per heavy atom. The summed E-state index contributed by atoms with van der Waals surface area (Å²) in [5.41, 5.74) is 4.09. The van der Waals surface area contributed by atoms with Gasteiger partial charge in [-0.2, -0.15) is 18.3 Å². The largest absolute Gasteiger partial charge is 0.480 e. The Morgan fingerprint density at radius 3 is 2.65 bits per heavy atom. The van der Waals surface area contributed by atoms with Crippen molar-refractivity contribution in [3.8, 4) is 17.1 Å². The van der Waals surface area contributed by atoms with Gasteiger partial charge in [-0.3, -0.25) is 9.69 Å². The van der Waals surface area contributed by atoms with E-state index in [-0.39, 0.29) is 66.4 Å². The van der Waals surface area contributed by atoms with Gasteiger partial charge in [0, 0.05) is 43.7 Å². The summed E-state index contributed by atoms with van der Waals surface area (Å²) in [5, 5.41) is 6.50. The maximum atomic E-state index is 15.0. The number of nitrogens with two attached hydrogens (primary N) is 1. The van der Waals surface area contributed by atoms with Crippen LogP contribution < -0.4 is 15.8 Å². The smallest absolute Gasteiger partial charge is 0.418 e. The molecule has 0 aromatic carbocycles. The van der Waals surface area contributed by atoms with Gasteiger partial charge in [-0.25, -0.2) is 27.7 Å². The number of likely N-dealkylation sites (tertiary alicyclic amines) is 1. The van der Waals surface area contributed by atoms with Crippen molar-refractivity contribution in [3.05, 3.63) is 35.8 Å². The summed E-state index contributed by atoms with van der Waals surface area (Å²) in [7, 11) is 1.26. The number of anilines is 1. The Hall–Kier alpha value is -3.62. The Bertz CT molecular complexity index is 1430. The lowest BCUT2D eigenvalue weighted by atomic mass is 9.98. The van der Waals surface area contributed by atoms with E-state index in [2.05, 4.69) is 20.4 Å². The zero-order valence-electron chi connectivity index (χ0n) is 21.6. The fraction of sp³-hybridized carbons (Fsp3) is 0.520. The first-order valence-corrected chi connectivity index (χ1v) is 12.6. The molecule has 5 rings (SSSR count). The maximum absolute atomic E-state index is 15.0. The van der Waals surface area contributed by atoms with Crippen molar-refractivity contribution in [2.75, 3.05) is 25.9 Å². The number of hydrogen-bond acceptors (Lipinski definition) is 7. The zero-order valence-corrected chi connectivity index (χ0v) is 21.6. The number of nitrogens with zero attached hydrogens (tertiary/aromatic N) is 5. The second-order valence-electron chi connectivity index (χ2n) is 10.3. The highest BCUT2D eigenvalue weighted by molar-refractivity contribution is 5.98. The number of nitrogens with one attached hydrogen (secondary N) is 1. The molecule has 15 heteroatoms. The van der Waals surface area contributed by atoms with Crippen molar-refractivity contribution < 1.29 is 35.9 Å². The van der Waals surface area contributed by atoms with Crippen LogP contribution in [-0.4, -0.2) is 74.8 Å². The minimum absolute atomic E-state index is 0.0267. The summed E-state index contributed by atoms with van der Waals surface area (Å²) in [6.45, 7) is 1.87.